The van der Waals surface area contributed by atoms with Crippen LogP contribution in [-0.4, -0.2) is 12.0 Å². The first kappa shape index (κ1) is 10.8. The zero-order valence-corrected chi connectivity index (χ0v) is 9.05. The molecule has 17 heavy (non-hydrogen) atoms. The Hall–Kier alpha value is -1.32. The molecule has 2 aliphatic rings. The minimum Gasteiger partial charge on any atom is -0.294 e. The second-order valence-corrected chi connectivity index (χ2v) is 4.83. The Morgan fingerprint density at radius 3 is 2.59 bits per heavy atom. The van der Waals surface area contributed by atoms with Gasteiger partial charge >= 0.3 is 6.18 Å². The third kappa shape index (κ3) is 1.75. The summed E-state index contributed by atoms with van der Waals surface area (Å²) in [5, 5.41) is 0. The van der Waals surface area contributed by atoms with Gasteiger partial charge in [0.1, 0.15) is 0 Å². The highest BCUT2D eigenvalue weighted by Crippen LogP contribution is 2.56. The summed E-state index contributed by atoms with van der Waals surface area (Å²) >= 11 is 0. The number of Topliss-reactive ketones (excluding diaryl/α,β-unsaturated/α-hetero) is 1. The molecule has 1 aromatic carbocycles. The number of carbonyl (C=O) groups is 1. The highest BCUT2D eigenvalue weighted by molar-refractivity contribution is 6.00. The number of hydrogen-bond acceptors (Lipinski definition) is 1. The van der Waals surface area contributed by atoms with Gasteiger partial charge < -0.3 is 0 Å². The van der Waals surface area contributed by atoms with E-state index < -0.39 is 18.0 Å². The van der Waals surface area contributed by atoms with Gasteiger partial charge in [-0.25, -0.2) is 0 Å². The number of aryl methyl sites for hydroxylation is 1. The topological polar surface area (TPSA) is 17.1 Å². The van der Waals surface area contributed by atoms with Crippen LogP contribution in [-0.2, 0) is 6.42 Å². The Kier molecular flexibility index (Phi) is 2.12. The van der Waals surface area contributed by atoms with Crippen molar-refractivity contribution in [3.8, 4) is 0 Å². The van der Waals surface area contributed by atoms with Crippen molar-refractivity contribution in [3.05, 3.63) is 34.9 Å². The van der Waals surface area contributed by atoms with Crippen LogP contribution in [0.3, 0.4) is 0 Å². The van der Waals surface area contributed by atoms with Crippen LogP contribution in [0, 0.1) is 5.92 Å². The number of benzene rings is 1. The van der Waals surface area contributed by atoms with Gasteiger partial charge in [-0.3, -0.25) is 4.79 Å². The lowest BCUT2D eigenvalue weighted by Crippen LogP contribution is -2.11. The van der Waals surface area contributed by atoms with E-state index >= 15 is 0 Å². The lowest BCUT2D eigenvalue weighted by molar-refractivity contribution is -0.148. The number of ketones is 1. The van der Waals surface area contributed by atoms with E-state index in [1.54, 1.807) is 18.2 Å². The molecule has 1 saturated carbocycles. The van der Waals surface area contributed by atoms with Crippen LogP contribution < -0.4 is 0 Å². The van der Waals surface area contributed by atoms with Crippen molar-refractivity contribution in [3.63, 3.8) is 0 Å². The smallest absolute Gasteiger partial charge is 0.294 e. The van der Waals surface area contributed by atoms with E-state index in [1.807, 2.05) is 0 Å². The predicted octanol–water partition coefficient (Wildman–Crippen LogP) is 3.48. The lowest BCUT2D eigenvalue weighted by atomic mass is 10.0. The summed E-state index contributed by atoms with van der Waals surface area (Å²) < 4.78 is 37.4. The van der Waals surface area contributed by atoms with E-state index in [2.05, 4.69) is 0 Å². The second kappa shape index (κ2) is 3.34. The fourth-order valence-corrected chi connectivity index (χ4v) is 2.61. The molecule has 3 rings (SSSR count). The molecule has 0 aromatic heterocycles. The highest BCUT2D eigenvalue weighted by Gasteiger charge is 2.56. The molecule has 0 radical (unpaired) electrons. The largest absolute Gasteiger partial charge is 0.392 e. The number of hydrogen-bond donors (Lipinski definition) is 0. The quantitative estimate of drug-likeness (QED) is 0.734. The van der Waals surface area contributed by atoms with Crippen molar-refractivity contribution >= 4 is 5.78 Å². The van der Waals surface area contributed by atoms with Gasteiger partial charge in [0.05, 0.1) is 5.92 Å². The van der Waals surface area contributed by atoms with Crippen molar-refractivity contribution in [1.82, 2.24) is 0 Å². The fourth-order valence-electron chi connectivity index (χ4n) is 2.61. The number of alkyl halides is 3. The van der Waals surface area contributed by atoms with Gasteiger partial charge in [-0.05, 0) is 36.0 Å². The van der Waals surface area contributed by atoms with Crippen LogP contribution in [0.2, 0.25) is 0 Å². The molecule has 0 saturated heterocycles. The molecule has 1 aromatic rings. The van der Waals surface area contributed by atoms with Crippen LogP contribution in [0.25, 0.3) is 0 Å². The first-order valence-electron chi connectivity index (χ1n) is 5.69. The maximum absolute atomic E-state index is 12.5. The van der Waals surface area contributed by atoms with Crippen molar-refractivity contribution < 1.29 is 18.0 Å². The number of carbonyl (C=O) groups excluding carboxylic acids is 1. The minimum atomic E-state index is -4.10. The Morgan fingerprint density at radius 1 is 1.18 bits per heavy atom. The molecule has 0 spiro atoms. The summed E-state index contributed by atoms with van der Waals surface area (Å²) in [4.78, 5) is 11.5. The minimum absolute atomic E-state index is 0.0612. The summed E-state index contributed by atoms with van der Waals surface area (Å²) in [6.07, 6.45) is -2.72. The maximum Gasteiger partial charge on any atom is 0.392 e. The molecule has 0 amide bonds. The summed E-state index contributed by atoms with van der Waals surface area (Å²) in [5.74, 6) is -1.59. The van der Waals surface area contributed by atoms with E-state index in [1.165, 1.54) is 0 Å². The number of fused-ring (bicyclic) bond motifs is 1. The molecule has 0 bridgehead atoms. The van der Waals surface area contributed by atoms with E-state index in [0.717, 1.165) is 12.0 Å². The van der Waals surface area contributed by atoms with Crippen molar-refractivity contribution in [2.75, 3.05) is 0 Å². The van der Waals surface area contributed by atoms with Gasteiger partial charge in [0.2, 0.25) is 0 Å². The fraction of sp³-hybridized carbons (Fsp3) is 0.462. The van der Waals surface area contributed by atoms with Crippen molar-refractivity contribution in [1.29, 1.82) is 0 Å². The zero-order chi connectivity index (χ0) is 12.2. The Labute approximate surface area is 96.6 Å². The van der Waals surface area contributed by atoms with Gasteiger partial charge in [0.15, 0.2) is 5.78 Å². The summed E-state index contributed by atoms with van der Waals surface area (Å²) in [5.41, 5.74) is 2.28. The maximum atomic E-state index is 12.5. The SMILES string of the molecule is O=C1CCc2ccc([C@@H]3C[C@H]3C(F)(F)F)cc21. The van der Waals surface area contributed by atoms with E-state index in [0.29, 0.717) is 17.5 Å². The standard InChI is InChI=1S/C13H11F3O/c14-13(15,16)11-6-9(11)8-2-1-7-3-4-12(17)10(7)5-8/h1-2,5,9,11H,3-4,6H2/t9-,11+/m0/s1. The molecule has 0 unspecified atom stereocenters. The van der Waals surface area contributed by atoms with Gasteiger partial charge in [-0.1, -0.05) is 12.1 Å². The molecule has 0 heterocycles. The summed E-state index contributed by atoms with van der Waals surface area (Å²) in [7, 11) is 0. The van der Waals surface area contributed by atoms with E-state index in [9.17, 15) is 18.0 Å². The van der Waals surface area contributed by atoms with E-state index in [-0.39, 0.29) is 12.2 Å². The monoisotopic (exact) mass is 240 g/mol. The van der Waals surface area contributed by atoms with Crippen LogP contribution in [0.1, 0.15) is 40.2 Å². The van der Waals surface area contributed by atoms with Crippen LogP contribution in [0.5, 0.6) is 0 Å². The van der Waals surface area contributed by atoms with Crippen LogP contribution in [0.15, 0.2) is 18.2 Å². The van der Waals surface area contributed by atoms with Gasteiger partial charge in [-0.15, -0.1) is 0 Å². The van der Waals surface area contributed by atoms with Crippen molar-refractivity contribution in [2.45, 2.75) is 31.4 Å². The molecule has 1 nitrogen and oxygen atoms in total. The third-order valence-corrected chi connectivity index (χ3v) is 3.69. The van der Waals surface area contributed by atoms with Crippen molar-refractivity contribution in [2.24, 2.45) is 5.92 Å². The Morgan fingerprint density at radius 2 is 1.94 bits per heavy atom. The molecular formula is C13H11F3O. The number of rotatable bonds is 1. The highest BCUT2D eigenvalue weighted by atomic mass is 19.4. The van der Waals surface area contributed by atoms with Gasteiger partial charge in [0, 0.05) is 12.0 Å². The normalized spacial score (nSPS) is 27.1. The first-order valence-corrected chi connectivity index (χ1v) is 5.69. The Balaban J connectivity index is 1.88. The van der Waals surface area contributed by atoms with Gasteiger partial charge in [0.25, 0.3) is 0 Å². The van der Waals surface area contributed by atoms with E-state index in [4.69, 9.17) is 0 Å². The zero-order valence-electron chi connectivity index (χ0n) is 9.05. The average molecular weight is 240 g/mol. The molecule has 4 heteroatoms. The average Bonchev–Trinajstić information content (AvgIpc) is 2.99. The second-order valence-electron chi connectivity index (χ2n) is 4.83. The molecule has 0 aliphatic heterocycles. The molecular weight excluding hydrogens is 229 g/mol. The molecule has 1 fully saturated rings. The first-order chi connectivity index (χ1) is 7.97. The van der Waals surface area contributed by atoms with Crippen LogP contribution >= 0.6 is 0 Å². The van der Waals surface area contributed by atoms with Crippen LogP contribution in [0.4, 0.5) is 13.2 Å². The number of halogens is 3. The molecule has 0 N–H and O–H groups in total. The third-order valence-electron chi connectivity index (χ3n) is 3.69. The van der Waals surface area contributed by atoms with Gasteiger partial charge in [-0.2, -0.15) is 13.2 Å². The predicted molar refractivity (Wildman–Crippen MR) is 56.0 cm³/mol. The lowest BCUT2D eigenvalue weighted by Gasteiger charge is -2.06. The molecule has 90 valence electrons. The Bertz CT molecular complexity index is 490. The molecule has 2 atom stereocenters. The summed E-state index contributed by atoms with van der Waals surface area (Å²) in [6.45, 7) is 0. The summed E-state index contributed by atoms with van der Waals surface area (Å²) in [6, 6.07) is 5.22. The molecule has 2 aliphatic carbocycles.